The molecule has 3 aromatic rings. The molecule has 4 rings (SSSR count). The molecule has 1 heterocycles. The van der Waals surface area contributed by atoms with E-state index in [0.717, 1.165) is 48.5 Å². The molecule has 0 spiro atoms. The van der Waals surface area contributed by atoms with Crippen molar-refractivity contribution in [3.05, 3.63) is 52.5 Å². The average molecular weight is 589 g/mol. The maximum absolute atomic E-state index is 12.7. The van der Waals surface area contributed by atoms with Crippen LogP contribution in [0.5, 0.6) is 5.75 Å². The Kier molecular flexibility index (Phi) is 9.24. The molecule has 0 radical (unpaired) electrons. The number of aromatic nitrogens is 2. The standard InChI is InChI=1S/C24H25BrF3N5O2.ClH/c1-29-21-17-4-2-3-5-19(17)32-23(33-21)31-16-9-6-14(7-10-16)13-30-22(34)18-11-8-15(25)12-20(18)35-24(26,27)28;/h2-5,8,11-12,14,16H,6-7,9-10,13H2,1H3,(H,30,34)(H2,29,31,32,33);1H/t14-,16+;. The van der Waals surface area contributed by atoms with Gasteiger partial charge in [-0.3, -0.25) is 4.79 Å². The van der Waals surface area contributed by atoms with E-state index in [1.165, 1.54) is 12.1 Å². The van der Waals surface area contributed by atoms with Gasteiger partial charge in [0.2, 0.25) is 5.95 Å². The van der Waals surface area contributed by atoms with E-state index in [9.17, 15) is 18.0 Å². The number of rotatable bonds is 7. The van der Waals surface area contributed by atoms with Gasteiger partial charge in [-0.25, -0.2) is 4.98 Å². The van der Waals surface area contributed by atoms with Crippen molar-refractivity contribution in [2.24, 2.45) is 5.92 Å². The molecule has 194 valence electrons. The number of hydrogen-bond acceptors (Lipinski definition) is 6. The van der Waals surface area contributed by atoms with Crippen LogP contribution in [0.2, 0.25) is 0 Å². The van der Waals surface area contributed by atoms with Crippen molar-refractivity contribution in [3.63, 3.8) is 0 Å². The lowest BCUT2D eigenvalue weighted by molar-refractivity contribution is -0.274. The zero-order chi connectivity index (χ0) is 25.0. The molecule has 0 atom stereocenters. The number of carbonyl (C=O) groups excluding carboxylic acids is 1. The van der Waals surface area contributed by atoms with E-state index in [-0.39, 0.29) is 29.9 Å². The van der Waals surface area contributed by atoms with E-state index < -0.39 is 18.0 Å². The van der Waals surface area contributed by atoms with Gasteiger partial charge >= 0.3 is 6.36 Å². The van der Waals surface area contributed by atoms with Crippen molar-refractivity contribution in [3.8, 4) is 5.75 Å². The molecule has 36 heavy (non-hydrogen) atoms. The predicted molar refractivity (Wildman–Crippen MR) is 139 cm³/mol. The molecule has 12 heteroatoms. The van der Waals surface area contributed by atoms with E-state index in [0.29, 0.717) is 17.0 Å². The number of halogens is 5. The van der Waals surface area contributed by atoms with Crippen LogP contribution in [0.1, 0.15) is 36.0 Å². The minimum absolute atomic E-state index is 0. The number of amides is 1. The zero-order valence-corrected chi connectivity index (χ0v) is 21.8. The molecule has 1 saturated carbocycles. The Morgan fingerprint density at radius 3 is 2.53 bits per heavy atom. The number of hydrogen-bond donors (Lipinski definition) is 3. The highest BCUT2D eigenvalue weighted by Crippen LogP contribution is 2.30. The summed E-state index contributed by atoms with van der Waals surface area (Å²) in [5, 5.41) is 10.2. The summed E-state index contributed by atoms with van der Waals surface area (Å²) >= 11 is 3.11. The first-order valence-corrected chi connectivity index (χ1v) is 12.1. The lowest BCUT2D eigenvalue weighted by atomic mass is 9.86. The summed E-state index contributed by atoms with van der Waals surface area (Å²) in [4.78, 5) is 21.8. The van der Waals surface area contributed by atoms with Gasteiger partial charge in [-0.15, -0.1) is 25.6 Å². The molecule has 1 aromatic heterocycles. The zero-order valence-electron chi connectivity index (χ0n) is 19.4. The second-order valence-corrected chi connectivity index (χ2v) is 9.34. The van der Waals surface area contributed by atoms with Crippen molar-refractivity contribution in [1.82, 2.24) is 15.3 Å². The third kappa shape index (κ3) is 7.13. The SMILES string of the molecule is CNc1nc(N[C@H]2CC[C@@H](CNC(=O)c3ccc(Br)cc3OC(F)(F)F)CC2)nc2ccccc12.Cl. The number of para-hydroxylation sites is 1. The molecule has 3 N–H and O–H groups in total. The first kappa shape index (κ1) is 27.8. The molecule has 0 unspecified atom stereocenters. The van der Waals surface area contributed by atoms with Gasteiger partial charge < -0.3 is 20.7 Å². The molecule has 0 saturated heterocycles. The number of nitrogens with zero attached hydrogens (tertiary/aromatic N) is 2. The van der Waals surface area contributed by atoms with Gasteiger partial charge in [-0.05, 0) is 61.9 Å². The Morgan fingerprint density at radius 1 is 1.11 bits per heavy atom. The van der Waals surface area contributed by atoms with Crippen LogP contribution in [0.25, 0.3) is 10.9 Å². The largest absolute Gasteiger partial charge is 0.573 e. The van der Waals surface area contributed by atoms with Crippen molar-refractivity contribution < 1.29 is 22.7 Å². The van der Waals surface area contributed by atoms with Gasteiger partial charge in [-0.2, -0.15) is 4.98 Å². The second kappa shape index (κ2) is 12.0. The Hall–Kier alpha value is -2.79. The van der Waals surface area contributed by atoms with Crippen LogP contribution in [0.4, 0.5) is 24.9 Å². The maximum Gasteiger partial charge on any atom is 0.573 e. The summed E-state index contributed by atoms with van der Waals surface area (Å²) in [5.74, 6) is 0.424. The van der Waals surface area contributed by atoms with Gasteiger partial charge in [-0.1, -0.05) is 28.1 Å². The highest BCUT2D eigenvalue weighted by atomic mass is 79.9. The monoisotopic (exact) mass is 587 g/mol. The molecule has 1 aliphatic carbocycles. The van der Waals surface area contributed by atoms with Crippen LogP contribution in [0, 0.1) is 5.92 Å². The van der Waals surface area contributed by atoms with Crippen LogP contribution in [-0.4, -0.2) is 41.9 Å². The van der Waals surface area contributed by atoms with Gasteiger partial charge in [0.05, 0.1) is 11.1 Å². The minimum atomic E-state index is -4.89. The quantitative estimate of drug-likeness (QED) is 0.307. The van der Waals surface area contributed by atoms with Crippen molar-refractivity contribution >= 4 is 56.9 Å². The lowest BCUT2D eigenvalue weighted by Gasteiger charge is -2.29. The van der Waals surface area contributed by atoms with E-state index in [1.54, 1.807) is 0 Å². The van der Waals surface area contributed by atoms with Crippen LogP contribution >= 0.6 is 28.3 Å². The van der Waals surface area contributed by atoms with Crippen molar-refractivity contribution in [1.29, 1.82) is 0 Å². The first-order chi connectivity index (χ1) is 16.7. The van der Waals surface area contributed by atoms with Gasteiger partial charge in [0.25, 0.3) is 5.91 Å². The minimum Gasteiger partial charge on any atom is -0.405 e. The number of nitrogens with one attached hydrogen (secondary N) is 3. The van der Waals surface area contributed by atoms with Gasteiger partial charge in [0.1, 0.15) is 11.6 Å². The third-order valence-corrected chi connectivity index (χ3v) is 6.48. The van der Waals surface area contributed by atoms with Gasteiger partial charge in [0.15, 0.2) is 0 Å². The Morgan fingerprint density at radius 2 is 1.83 bits per heavy atom. The maximum atomic E-state index is 12.7. The predicted octanol–water partition coefficient (Wildman–Crippen LogP) is 6.16. The summed E-state index contributed by atoms with van der Waals surface area (Å²) in [6.07, 6.45) is -1.43. The molecular formula is C24H26BrClF3N5O2. The van der Waals surface area contributed by atoms with Crippen LogP contribution in [-0.2, 0) is 0 Å². The normalized spacial score (nSPS) is 17.7. The molecular weight excluding hydrogens is 563 g/mol. The number of alkyl halides is 3. The Bertz CT molecular complexity index is 1210. The molecule has 1 fully saturated rings. The van der Waals surface area contributed by atoms with E-state index in [1.807, 2.05) is 31.3 Å². The fourth-order valence-electron chi connectivity index (χ4n) is 4.25. The number of carbonyl (C=O) groups is 1. The summed E-state index contributed by atoms with van der Waals surface area (Å²) in [5.41, 5.74) is 0.697. The molecule has 1 amide bonds. The van der Waals surface area contributed by atoms with Crippen LogP contribution < -0.4 is 20.7 Å². The highest BCUT2D eigenvalue weighted by molar-refractivity contribution is 9.10. The second-order valence-electron chi connectivity index (χ2n) is 8.42. The number of anilines is 2. The fraction of sp³-hybridized carbons (Fsp3) is 0.375. The van der Waals surface area contributed by atoms with E-state index in [4.69, 9.17) is 0 Å². The lowest BCUT2D eigenvalue weighted by Crippen LogP contribution is -2.34. The molecule has 2 aromatic carbocycles. The molecule has 0 aliphatic heterocycles. The number of ether oxygens (including phenoxy) is 1. The number of benzene rings is 2. The van der Waals surface area contributed by atoms with Crippen molar-refractivity contribution in [2.45, 2.75) is 38.1 Å². The summed E-state index contributed by atoms with van der Waals surface area (Å²) in [7, 11) is 1.82. The summed E-state index contributed by atoms with van der Waals surface area (Å²) in [6.45, 7) is 0.378. The smallest absolute Gasteiger partial charge is 0.405 e. The Balaban J connectivity index is 0.00000361. The number of fused-ring (bicyclic) bond motifs is 1. The molecule has 0 bridgehead atoms. The average Bonchev–Trinajstić information content (AvgIpc) is 2.82. The topological polar surface area (TPSA) is 88.2 Å². The summed E-state index contributed by atoms with van der Waals surface area (Å²) in [6, 6.07) is 11.9. The highest BCUT2D eigenvalue weighted by Gasteiger charge is 2.33. The van der Waals surface area contributed by atoms with Crippen LogP contribution in [0.15, 0.2) is 46.9 Å². The third-order valence-electron chi connectivity index (χ3n) is 5.99. The van der Waals surface area contributed by atoms with Crippen molar-refractivity contribution in [2.75, 3.05) is 24.2 Å². The van der Waals surface area contributed by atoms with Gasteiger partial charge in [0, 0.05) is 29.5 Å². The molecule has 7 nitrogen and oxygen atoms in total. The molecule has 1 aliphatic rings. The first-order valence-electron chi connectivity index (χ1n) is 11.3. The van der Waals surface area contributed by atoms with Crippen LogP contribution in [0.3, 0.4) is 0 Å². The van der Waals surface area contributed by atoms with E-state index in [2.05, 4.69) is 46.6 Å². The fourth-order valence-corrected chi connectivity index (χ4v) is 4.59. The van der Waals surface area contributed by atoms with E-state index >= 15 is 0 Å². The Labute approximate surface area is 221 Å². The summed E-state index contributed by atoms with van der Waals surface area (Å²) < 4.78 is 42.6.